The number of hydrogen-bond acceptors (Lipinski definition) is 0. The van der Waals surface area contributed by atoms with Gasteiger partial charge in [-0.05, 0) is 22.9 Å². The highest BCUT2D eigenvalue weighted by Crippen LogP contribution is 2.10. The molecular formula is C19H16BrN2+. The molecule has 0 N–H and O–H groups in total. The Balaban J connectivity index is 0.00000144. The molecule has 4 aromatic rings. The van der Waals surface area contributed by atoms with Crippen molar-refractivity contribution in [1.82, 2.24) is 0 Å². The lowest BCUT2D eigenvalue weighted by Gasteiger charge is -1.98. The lowest BCUT2D eigenvalue weighted by atomic mass is 10.2. The van der Waals surface area contributed by atoms with E-state index in [4.69, 9.17) is 0 Å². The molecule has 2 aromatic carbocycles. The van der Waals surface area contributed by atoms with E-state index in [2.05, 4.69) is 94.6 Å². The van der Waals surface area contributed by atoms with Crippen LogP contribution < -0.4 is 26.1 Å². The van der Waals surface area contributed by atoms with Gasteiger partial charge >= 0.3 is 6.67 Å². The Morgan fingerprint density at radius 2 is 0.955 bits per heavy atom. The number of hydrogen-bond donors (Lipinski definition) is 0. The van der Waals surface area contributed by atoms with Crippen molar-refractivity contribution in [2.24, 2.45) is 0 Å². The van der Waals surface area contributed by atoms with E-state index in [0.717, 1.165) is 6.67 Å². The van der Waals surface area contributed by atoms with Gasteiger partial charge in [-0.3, -0.25) is 0 Å². The van der Waals surface area contributed by atoms with Gasteiger partial charge in [-0.25, -0.2) is 0 Å². The zero-order valence-corrected chi connectivity index (χ0v) is 13.6. The summed E-state index contributed by atoms with van der Waals surface area (Å²) in [6, 6.07) is 21.2. The minimum Gasteiger partial charge on any atom is -1.00 e. The summed E-state index contributed by atoms with van der Waals surface area (Å²) in [5.74, 6) is 0. The summed E-state index contributed by atoms with van der Waals surface area (Å²) >= 11 is 0. The first-order valence-corrected chi connectivity index (χ1v) is 7.14. The van der Waals surface area contributed by atoms with Gasteiger partial charge in [0, 0.05) is 22.9 Å². The Morgan fingerprint density at radius 1 is 0.545 bits per heavy atom. The number of aromatic nitrogens is 2. The molecule has 0 aliphatic rings. The largest absolute Gasteiger partial charge is 1.00 e. The highest BCUT2D eigenvalue weighted by atomic mass is 79.9. The maximum absolute atomic E-state index is 2.21. The molecule has 4 rings (SSSR count). The average Bonchev–Trinajstić information content (AvgIpc) is 2.55. The van der Waals surface area contributed by atoms with Crippen LogP contribution in [0.1, 0.15) is 0 Å². The van der Waals surface area contributed by atoms with Crippen molar-refractivity contribution in [3.8, 4) is 0 Å². The number of fused-ring (bicyclic) bond motifs is 2. The fraction of sp³-hybridized carbons (Fsp3) is 0.0526. The van der Waals surface area contributed by atoms with E-state index in [0.29, 0.717) is 0 Å². The molecule has 0 fully saturated rings. The molecule has 22 heavy (non-hydrogen) atoms. The normalized spacial score (nSPS) is 10.5. The summed E-state index contributed by atoms with van der Waals surface area (Å²) in [6.07, 6.45) is 8.64. The SMILES string of the molecule is [Br-].c1ccc2c[n+](C[n+]3ccc4ccccc4c3)ccc2c1. The minimum atomic E-state index is 0. The Labute approximate surface area is 140 Å². The third-order valence-corrected chi connectivity index (χ3v) is 3.82. The summed E-state index contributed by atoms with van der Waals surface area (Å²) in [6.45, 7) is 0.815. The summed E-state index contributed by atoms with van der Waals surface area (Å²) < 4.78 is 4.41. The van der Waals surface area contributed by atoms with Crippen LogP contribution in [0.3, 0.4) is 0 Å². The number of benzene rings is 2. The molecule has 0 atom stereocenters. The Hall–Kier alpha value is -2.26. The molecule has 108 valence electrons. The minimum absolute atomic E-state index is 0. The number of rotatable bonds is 2. The highest BCUT2D eigenvalue weighted by Gasteiger charge is 2.09. The predicted octanol–water partition coefficient (Wildman–Crippen LogP) is 0.0778. The third kappa shape index (κ3) is 2.85. The second-order valence-corrected chi connectivity index (χ2v) is 5.32. The molecule has 0 amide bonds. The second kappa shape index (κ2) is 6.24. The van der Waals surface area contributed by atoms with Crippen LogP contribution in [0.25, 0.3) is 21.5 Å². The van der Waals surface area contributed by atoms with Crippen LogP contribution in [-0.2, 0) is 6.67 Å². The molecule has 2 heterocycles. The monoisotopic (exact) mass is 351 g/mol. The highest BCUT2D eigenvalue weighted by molar-refractivity contribution is 5.81. The van der Waals surface area contributed by atoms with Crippen LogP contribution in [-0.4, -0.2) is 0 Å². The molecule has 0 saturated heterocycles. The molecule has 3 heteroatoms. The van der Waals surface area contributed by atoms with Gasteiger partial charge in [-0.1, -0.05) is 36.4 Å². The predicted molar refractivity (Wildman–Crippen MR) is 83.7 cm³/mol. The van der Waals surface area contributed by atoms with Crippen LogP contribution in [0, 0.1) is 0 Å². The van der Waals surface area contributed by atoms with Crippen LogP contribution in [0.5, 0.6) is 0 Å². The Kier molecular flexibility index (Phi) is 4.16. The number of pyridine rings is 2. The lowest BCUT2D eigenvalue weighted by Crippen LogP contribution is -3.00. The smallest absolute Gasteiger partial charge is 0.343 e. The van der Waals surface area contributed by atoms with Gasteiger partial charge in [0.25, 0.3) is 0 Å². The van der Waals surface area contributed by atoms with Gasteiger partial charge in [0.05, 0.1) is 0 Å². The molecule has 0 unspecified atom stereocenters. The van der Waals surface area contributed by atoms with Crippen LogP contribution in [0.2, 0.25) is 0 Å². The summed E-state index contributed by atoms with van der Waals surface area (Å²) in [5, 5.41) is 5.08. The lowest BCUT2D eigenvalue weighted by molar-refractivity contribution is -0.912. The van der Waals surface area contributed by atoms with Gasteiger partial charge < -0.3 is 17.0 Å². The molecule has 2 nitrogen and oxygen atoms in total. The number of halogens is 1. The van der Waals surface area contributed by atoms with Gasteiger partial charge in [-0.2, -0.15) is 0 Å². The van der Waals surface area contributed by atoms with E-state index in [1.807, 2.05) is 0 Å². The molecule has 0 aliphatic carbocycles. The maximum Gasteiger partial charge on any atom is 0.343 e. The van der Waals surface area contributed by atoms with E-state index in [-0.39, 0.29) is 17.0 Å². The molecule has 2 aromatic heterocycles. The fourth-order valence-corrected chi connectivity index (χ4v) is 2.72. The fourth-order valence-electron chi connectivity index (χ4n) is 2.72. The summed E-state index contributed by atoms with van der Waals surface area (Å²) in [7, 11) is 0. The Bertz CT molecular complexity index is 857. The molecule has 0 bridgehead atoms. The standard InChI is InChI=1S/C19H16N2.BrH/c1-3-7-18-13-20(11-9-16(18)5-1)15-21-12-10-17-6-2-4-8-19(17)14-21;/h1-14H,15H2;1H/q+2;/p-1. The average molecular weight is 352 g/mol. The topological polar surface area (TPSA) is 7.76 Å². The zero-order valence-electron chi connectivity index (χ0n) is 12.1. The third-order valence-electron chi connectivity index (χ3n) is 3.82. The first-order valence-electron chi connectivity index (χ1n) is 7.14. The van der Waals surface area contributed by atoms with Crippen LogP contribution >= 0.6 is 0 Å². The van der Waals surface area contributed by atoms with Crippen LogP contribution in [0.4, 0.5) is 0 Å². The quantitative estimate of drug-likeness (QED) is 0.452. The first kappa shape index (κ1) is 14.7. The van der Waals surface area contributed by atoms with Crippen molar-refractivity contribution in [3.05, 3.63) is 85.5 Å². The van der Waals surface area contributed by atoms with Gasteiger partial charge in [0.1, 0.15) is 0 Å². The van der Waals surface area contributed by atoms with Crippen molar-refractivity contribution < 1.29 is 26.1 Å². The van der Waals surface area contributed by atoms with Crippen molar-refractivity contribution in [1.29, 1.82) is 0 Å². The summed E-state index contributed by atoms with van der Waals surface area (Å²) in [5.41, 5.74) is 0. The first-order chi connectivity index (χ1) is 10.4. The van der Waals surface area contributed by atoms with Crippen molar-refractivity contribution in [3.63, 3.8) is 0 Å². The van der Waals surface area contributed by atoms with E-state index >= 15 is 0 Å². The van der Waals surface area contributed by atoms with Crippen LogP contribution in [0.15, 0.2) is 85.5 Å². The Morgan fingerprint density at radius 3 is 1.41 bits per heavy atom. The van der Waals surface area contributed by atoms with E-state index in [1.165, 1.54) is 21.5 Å². The van der Waals surface area contributed by atoms with E-state index in [9.17, 15) is 0 Å². The van der Waals surface area contributed by atoms with Crippen molar-refractivity contribution in [2.75, 3.05) is 0 Å². The molecule has 0 saturated carbocycles. The maximum atomic E-state index is 2.21. The van der Waals surface area contributed by atoms with Crippen molar-refractivity contribution >= 4 is 21.5 Å². The van der Waals surface area contributed by atoms with E-state index in [1.54, 1.807) is 0 Å². The van der Waals surface area contributed by atoms with Crippen molar-refractivity contribution in [2.45, 2.75) is 6.67 Å². The van der Waals surface area contributed by atoms with Gasteiger partial charge in [0.2, 0.25) is 0 Å². The molecular weight excluding hydrogens is 336 g/mol. The molecule has 0 aliphatic heterocycles. The second-order valence-electron chi connectivity index (χ2n) is 5.32. The zero-order chi connectivity index (χ0) is 14.1. The van der Waals surface area contributed by atoms with Gasteiger partial charge in [-0.15, -0.1) is 9.13 Å². The number of nitrogens with zero attached hydrogens (tertiary/aromatic N) is 2. The van der Waals surface area contributed by atoms with E-state index < -0.39 is 0 Å². The van der Waals surface area contributed by atoms with Gasteiger partial charge in [0.15, 0.2) is 24.8 Å². The summed E-state index contributed by atoms with van der Waals surface area (Å²) in [4.78, 5) is 0. The molecule has 0 spiro atoms. The molecule has 0 radical (unpaired) electrons.